The minimum atomic E-state index is -0.924. The van der Waals surface area contributed by atoms with Gasteiger partial charge in [-0.2, -0.15) is 0 Å². The molecule has 0 aromatic carbocycles. The maximum absolute atomic E-state index is 11.3. The summed E-state index contributed by atoms with van der Waals surface area (Å²) >= 11 is 0. The van der Waals surface area contributed by atoms with Crippen molar-refractivity contribution in [2.75, 3.05) is 0 Å². The zero-order valence-electron chi connectivity index (χ0n) is 8.83. The molecule has 1 atom stereocenters. The molecular formula is C9H13NO5. The van der Waals surface area contributed by atoms with Gasteiger partial charge in [0.1, 0.15) is 11.6 Å². The summed E-state index contributed by atoms with van der Waals surface area (Å²) in [5.74, 6) is -1.29. The number of alkyl carbamates (subject to hydrolysis) is 1. The van der Waals surface area contributed by atoms with Crippen molar-refractivity contribution in [1.82, 2.24) is 5.32 Å². The van der Waals surface area contributed by atoms with Gasteiger partial charge in [-0.05, 0) is 20.8 Å². The van der Waals surface area contributed by atoms with Crippen molar-refractivity contribution in [3.63, 3.8) is 0 Å². The first-order valence-corrected chi connectivity index (χ1v) is 4.52. The van der Waals surface area contributed by atoms with Gasteiger partial charge in [0.25, 0.3) is 0 Å². The molecule has 0 aromatic heterocycles. The Kier molecular flexibility index (Phi) is 2.97. The molecule has 1 heterocycles. The van der Waals surface area contributed by atoms with Gasteiger partial charge in [-0.1, -0.05) is 0 Å². The lowest BCUT2D eigenvalue weighted by atomic mass is 10.2. The summed E-state index contributed by atoms with van der Waals surface area (Å²) in [6.07, 6.45) is -1.03. The van der Waals surface area contributed by atoms with Crippen LogP contribution in [0.3, 0.4) is 0 Å². The SMILES string of the molecule is CC(C)(C)OC(=O)CC1NC(=O)OC1=O. The van der Waals surface area contributed by atoms with Gasteiger partial charge in [-0.25, -0.2) is 9.59 Å². The summed E-state index contributed by atoms with van der Waals surface area (Å²) in [5.41, 5.74) is -0.608. The summed E-state index contributed by atoms with van der Waals surface area (Å²) in [7, 11) is 0. The van der Waals surface area contributed by atoms with Gasteiger partial charge in [0, 0.05) is 0 Å². The molecule has 0 saturated carbocycles. The van der Waals surface area contributed by atoms with Crippen LogP contribution in [0.2, 0.25) is 0 Å². The maximum Gasteiger partial charge on any atom is 0.415 e. The fourth-order valence-corrected chi connectivity index (χ4v) is 1.08. The van der Waals surface area contributed by atoms with Crippen molar-refractivity contribution in [2.24, 2.45) is 0 Å². The number of rotatable bonds is 2. The molecule has 1 saturated heterocycles. The fourth-order valence-electron chi connectivity index (χ4n) is 1.08. The van der Waals surface area contributed by atoms with E-state index in [1.54, 1.807) is 20.8 Å². The standard InChI is InChI=1S/C9H13NO5/c1-9(2,3)15-6(11)4-5-7(12)14-8(13)10-5/h5H,4H2,1-3H3,(H,10,13). The highest BCUT2D eigenvalue weighted by atomic mass is 16.6. The third-order valence-corrected chi connectivity index (χ3v) is 1.56. The second-order valence-electron chi connectivity index (χ2n) is 4.20. The topological polar surface area (TPSA) is 81.7 Å². The molecule has 15 heavy (non-hydrogen) atoms. The fraction of sp³-hybridized carbons (Fsp3) is 0.667. The minimum Gasteiger partial charge on any atom is -0.460 e. The van der Waals surface area contributed by atoms with Gasteiger partial charge in [-0.15, -0.1) is 0 Å². The second-order valence-corrected chi connectivity index (χ2v) is 4.20. The van der Waals surface area contributed by atoms with E-state index >= 15 is 0 Å². The lowest BCUT2D eigenvalue weighted by Gasteiger charge is -2.19. The Hall–Kier alpha value is -1.59. The lowest BCUT2D eigenvalue weighted by molar-refractivity contribution is -0.157. The van der Waals surface area contributed by atoms with Crippen molar-refractivity contribution in [3.8, 4) is 0 Å². The molecule has 1 amide bonds. The first-order chi connectivity index (χ1) is 6.78. The summed E-state index contributed by atoms with van der Waals surface area (Å²) in [6.45, 7) is 5.16. The van der Waals surface area contributed by atoms with Crippen LogP contribution < -0.4 is 5.32 Å². The smallest absolute Gasteiger partial charge is 0.415 e. The number of amides is 1. The average Bonchev–Trinajstić information content (AvgIpc) is 2.25. The maximum atomic E-state index is 11.3. The quantitative estimate of drug-likeness (QED) is 0.531. The van der Waals surface area contributed by atoms with Crippen LogP contribution in [-0.4, -0.2) is 29.7 Å². The Balaban J connectivity index is 2.45. The van der Waals surface area contributed by atoms with Gasteiger partial charge >= 0.3 is 18.0 Å². The van der Waals surface area contributed by atoms with Crippen LogP contribution in [0.25, 0.3) is 0 Å². The number of carbonyl (C=O) groups excluding carboxylic acids is 3. The molecule has 1 N–H and O–H groups in total. The average molecular weight is 215 g/mol. The van der Waals surface area contributed by atoms with E-state index in [-0.39, 0.29) is 6.42 Å². The molecule has 1 rings (SSSR count). The van der Waals surface area contributed by atoms with Crippen LogP contribution in [-0.2, 0) is 19.1 Å². The Morgan fingerprint density at radius 3 is 2.47 bits per heavy atom. The number of ether oxygens (including phenoxy) is 2. The van der Waals surface area contributed by atoms with E-state index in [1.807, 2.05) is 0 Å². The number of carbonyl (C=O) groups is 3. The number of hydrogen-bond donors (Lipinski definition) is 1. The molecule has 1 fully saturated rings. The normalized spacial score (nSPS) is 20.9. The van der Waals surface area contributed by atoms with Crippen LogP contribution in [0.5, 0.6) is 0 Å². The Morgan fingerprint density at radius 2 is 2.07 bits per heavy atom. The van der Waals surface area contributed by atoms with Crippen LogP contribution in [0, 0.1) is 0 Å². The summed E-state index contributed by atoms with van der Waals surface area (Å²) in [4.78, 5) is 32.9. The molecule has 1 unspecified atom stereocenters. The molecule has 0 radical (unpaired) electrons. The highest BCUT2D eigenvalue weighted by Gasteiger charge is 2.35. The first-order valence-electron chi connectivity index (χ1n) is 4.52. The van der Waals surface area contributed by atoms with Crippen molar-refractivity contribution in [2.45, 2.75) is 38.8 Å². The molecular weight excluding hydrogens is 202 g/mol. The number of nitrogens with one attached hydrogen (secondary N) is 1. The number of hydrogen-bond acceptors (Lipinski definition) is 5. The Morgan fingerprint density at radius 1 is 1.47 bits per heavy atom. The molecule has 6 nitrogen and oxygen atoms in total. The molecule has 0 aliphatic carbocycles. The van der Waals surface area contributed by atoms with E-state index in [0.717, 1.165) is 0 Å². The third-order valence-electron chi connectivity index (χ3n) is 1.56. The van der Waals surface area contributed by atoms with Crippen LogP contribution >= 0.6 is 0 Å². The van der Waals surface area contributed by atoms with Crippen LogP contribution in [0.4, 0.5) is 4.79 Å². The zero-order chi connectivity index (χ0) is 11.6. The predicted molar refractivity (Wildman–Crippen MR) is 48.9 cm³/mol. The van der Waals surface area contributed by atoms with Gasteiger partial charge in [0.05, 0.1) is 6.42 Å². The number of cyclic esters (lactones) is 2. The Bertz CT molecular complexity index is 304. The van der Waals surface area contributed by atoms with Gasteiger partial charge in [-0.3, -0.25) is 4.79 Å². The first kappa shape index (κ1) is 11.5. The van der Waals surface area contributed by atoms with E-state index in [4.69, 9.17) is 4.74 Å². The van der Waals surface area contributed by atoms with Crippen molar-refractivity contribution in [1.29, 1.82) is 0 Å². The monoisotopic (exact) mass is 215 g/mol. The Labute approximate surface area is 86.9 Å². The highest BCUT2D eigenvalue weighted by Crippen LogP contribution is 2.11. The third kappa shape index (κ3) is 3.57. The van der Waals surface area contributed by atoms with Gasteiger partial charge < -0.3 is 14.8 Å². The highest BCUT2D eigenvalue weighted by molar-refractivity contribution is 5.97. The molecule has 1 aliphatic rings. The van der Waals surface area contributed by atoms with Crippen molar-refractivity contribution in [3.05, 3.63) is 0 Å². The molecule has 6 heteroatoms. The lowest BCUT2D eigenvalue weighted by Crippen LogP contribution is -2.34. The molecule has 0 bridgehead atoms. The molecule has 1 aliphatic heterocycles. The largest absolute Gasteiger partial charge is 0.460 e. The molecule has 0 aromatic rings. The summed E-state index contributed by atoms with van der Waals surface area (Å²) in [5, 5.41) is 2.21. The molecule has 84 valence electrons. The van der Waals surface area contributed by atoms with E-state index in [1.165, 1.54) is 0 Å². The number of esters is 2. The second kappa shape index (κ2) is 3.88. The van der Waals surface area contributed by atoms with E-state index in [0.29, 0.717) is 0 Å². The van der Waals surface area contributed by atoms with Crippen LogP contribution in [0.1, 0.15) is 27.2 Å². The van der Waals surface area contributed by atoms with Gasteiger partial charge in [0.2, 0.25) is 0 Å². The zero-order valence-corrected chi connectivity index (χ0v) is 8.83. The van der Waals surface area contributed by atoms with Crippen LogP contribution in [0.15, 0.2) is 0 Å². The molecule has 0 spiro atoms. The van der Waals surface area contributed by atoms with E-state index < -0.39 is 29.7 Å². The van der Waals surface area contributed by atoms with Crippen molar-refractivity contribution >= 4 is 18.0 Å². The van der Waals surface area contributed by atoms with Crippen molar-refractivity contribution < 1.29 is 23.9 Å². The minimum absolute atomic E-state index is 0.207. The van der Waals surface area contributed by atoms with Gasteiger partial charge in [0.15, 0.2) is 0 Å². The summed E-state index contributed by atoms with van der Waals surface area (Å²) in [6, 6.07) is -0.924. The predicted octanol–water partition coefficient (Wildman–Crippen LogP) is 0.353. The van der Waals surface area contributed by atoms with E-state index in [9.17, 15) is 14.4 Å². The summed E-state index contributed by atoms with van der Waals surface area (Å²) < 4.78 is 9.19. The van der Waals surface area contributed by atoms with E-state index in [2.05, 4.69) is 10.1 Å².